The summed E-state index contributed by atoms with van der Waals surface area (Å²) in [4.78, 5) is 34.6. The Hall–Kier alpha value is -3.88. The number of amides is 2. The van der Waals surface area contributed by atoms with Crippen LogP contribution in [-0.4, -0.2) is 23.5 Å². The van der Waals surface area contributed by atoms with Gasteiger partial charge in [0, 0.05) is 35.3 Å². The zero-order valence-electron chi connectivity index (χ0n) is 14.9. The molecule has 0 saturated heterocycles. The summed E-state index contributed by atoms with van der Waals surface area (Å²) < 4.78 is 10.6. The van der Waals surface area contributed by atoms with E-state index in [1.54, 1.807) is 31.2 Å². The number of rotatable bonds is 6. The van der Waals surface area contributed by atoms with Crippen LogP contribution in [0.15, 0.2) is 52.9 Å². The van der Waals surface area contributed by atoms with E-state index in [2.05, 4.69) is 10.6 Å². The molecular formula is C19H17N3O6. The summed E-state index contributed by atoms with van der Waals surface area (Å²) in [6, 6.07) is 12.0. The molecule has 1 heterocycles. The van der Waals surface area contributed by atoms with Crippen LogP contribution in [0, 0.1) is 10.1 Å². The molecule has 28 heavy (non-hydrogen) atoms. The van der Waals surface area contributed by atoms with E-state index in [4.69, 9.17) is 9.15 Å². The Morgan fingerprint density at radius 2 is 1.96 bits per heavy atom. The molecule has 0 saturated carbocycles. The lowest BCUT2D eigenvalue weighted by Crippen LogP contribution is -2.28. The third-order valence-electron chi connectivity index (χ3n) is 3.90. The highest BCUT2D eigenvalue weighted by atomic mass is 16.6. The standard InChI is InChI=1S/C19H17N3O6/c1-2-27-18(23)17-15(14-8-3-4-9-16(14)28-17)11-20-19(24)21-12-6-5-7-13(10-12)22(25)26/h3-10H,2,11H2,1H3,(H2,20,21,24). The molecule has 0 unspecified atom stereocenters. The number of anilines is 1. The molecule has 0 atom stereocenters. The number of hydrogen-bond acceptors (Lipinski definition) is 6. The molecule has 1 aromatic heterocycles. The fourth-order valence-corrected chi connectivity index (χ4v) is 2.68. The Bertz CT molecular complexity index is 1040. The summed E-state index contributed by atoms with van der Waals surface area (Å²) >= 11 is 0. The lowest BCUT2D eigenvalue weighted by Gasteiger charge is -2.08. The molecule has 0 fully saturated rings. The second kappa shape index (κ2) is 8.21. The van der Waals surface area contributed by atoms with Crippen LogP contribution in [0.3, 0.4) is 0 Å². The van der Waals surface area contributed by atoms with Crippen molar-refractivity contribution in [2.75, 3.05) is 11.9 Å². The summed E-state index contributed by atoms with van der Waals surface area (Å²) in [6.07, 6.45) is 0. The number of nitrogens with one attached hydrogen (secondary N) is 2. The molecule has 144 valence electrons. The Balaban J connectivity index is 1.76. The van der Waals surface area contributed by atoms with Gasteiger partial charge in [0.05, 0.1) is 11.5 Å². The van der Waals surface area contributed by atoms with Crippen LogP contribution in [0.1, 0.15) is 23.0 Å². The highest BCUT2D eigenvalue weighted by Crippen LogP contribution is 2.26. The number of benzene rings is 2. The first-order chi connectivity index (χ1) is 13.5. The van der Waals surface area contributed by atoms with Gasteiger partial charge in [-0.05, 0) is 19.1 Å². The van der Waals surface area contributed by atoms with Gasteiger partial charge >= 0.3 is 12.0 Å². The second-order valence-electron chi connectivity index (χ2n) is 5.74. The zero-order chi connectivity index (χ0) is 20.1. The molecule has 0 spiro atoms. The highest BCUT2D eigenvalue weighted by molar-refractivity contribution is 5.96. The number of hydrogen-bond donors (Lipinski definition) is 2. The number of nitrogens with zero attached hydrogens (tertiary/aromatic N) is 1. The van der Waals surface area contributed by atoms with Crippen LogP contribution in [-0.2, 0) is 11.3 Å². The molecule has 0 aliphatic rings. The van der Waals surface area contributed by atoms with Gasteiger partial charge < -0.3 is 19.8 Å². The molecule has 2 N–H and O–H groups in total. The smallest absolute Gasteiger partial charge is 0.374 e. The van der Waals surface area contributed by atoms with E-state index in [9.17, 15) is 19.7 Å². The lowest BCUT2D eigenvalue weighted by atomic mass is 10.1. The van der Waals surface area contributed by atoms with Gasteiger partial charge in [-0.25, -0.2) is 9.59 Å². The first kappa shape index (κ1) is 18.9. The van der Waals surface area contributed by atoms with Crippen LogP contribution >= 0.6 is 0 Å². The van der Waals surface area contributed by atoms with E-state index < -0.39 is 16.9 Å². The number of non-ortho nitro benzene ring substituents is 1. The number of para-hydroxylation sites is 1. The van der Waals surface area contributed by atoms with E-state index >= 15 is 0 Å². The number of carbonyl (C=O) groups excluding carboxylic acids is 2. The van der Waals surface area contributed by atoms with Gasteiger partial charge in [0.15, 0.2) is 0 Å². The monoisotopic (exact) mass is 383 g/mol. The van der Waals surface area contributed by atoms with Crippen molar-refractivity contribution in [3.05, 3.63) is 70.0 Å². The predicted octanol–water partition coefficient (Wildman–Crippen LogP) is 3.84. The maximum atomic E-state index is 12.2. The van der Waals surface area contributed by atoms with Gasteiger partial charge in [-0.1, -0.05) is 24.3 Å². The first-order valence-corrected chi connectivity index (χ1v) is 8.46. The Kier molecular flexibility index (Phi) is 5.54. The number of fused-ring (bicyclic) bond motifs is 1. The minimum absolute atomic E-state index is 0.00587. The minimum Gasteiger partial charge on any atom is -0.460 e. The minimum atomic E-state index is -0.616. The lowest BCUT2D eigenvalue weighted by molar-refractivity contribution is -0.384. The number of urea groups is 1. The molecular weight excluding hydrogens is 366 g/mol. The van der Waals surface area contributed by atoms with Crippen LogP contribution in [0.4, 0.5) is 16.2 Å². The molecule has 2 aromatic carbocycles. The van der Waals surface area contributed by atoms with Gasteiger partial charge in [-0.3, -0.25) is 10.1 Å². The van der Waals surface area contributed by atoms with Crippen molar-refractivity contribution in [1.82, 2.24) is 5.32 Å². The maximum Gasteiger partial charge on any atom is 0.374 e. The first-order valence-electron chi connectivity index (χ1n) is 8.46. The van der Waals surface area contributed by atoms with Crippen molar-refractivity contribution in [2.45, 2.75) is 13.5 Å². The van der Waals surface area contributed by atoms with E-state index in [1.807, 2.05) is 0 Å². The topological polar surface area (TPSA) is 124 Å². The average molecular weight is 383 g/mol. The number of nitro benzene ring substituents is 1. The van der Waals surface area contributed by atoms with Crippen molar-refractivity contribution in [1.29, 1.82) is 0 Å². The van der Waals surface area contributed by atoms with E-state index in [-0.39, 0.29) is 30.3 Å². The second-order valence-corrected chi connectivity index (χ2v) is 5.74. The van der Waals surface area contributed by atoms with Gasteiger partial charge in [-0.2, -0.15) is 0 Å². The Morgan fingerprint density at radius 1 is 1.18 bits per heavy atom. The number of ether oxygens (including phenoxy) is 1. The van der Waals surface area contributed by atoms with Crippen molar-refractivity contribution >= 4 is 34.3 Å². The van der Waals surface area contributed by atoms with Crippen LogP contribution in [0.5, 0.6) is 0 Å². The van der Waals surface area contributed by atoms with Crippen molar-refractivity contribution in [3.63, 3.8) is 0 Å². The number of carbonyl (C=O) groups is 2. The maximum absolute atomic E-state index is 12.2. The fourth-order valence-electron chi connectivity index (χ4n) is 2.68. The third kappa shape index (κ3) is 4.09. The summed E-state index contributed by atoms with van der Waals surface area (Å²) in [5, 5.41) is 16.6. The SMILES string of the molecule is CCOC(=O)c1oc2ccccc2c1CNC(=O)Nc1cccc([N+](=O)[O-])c1. The normalized spacial score (nSPS) is 10.5. The molecule has 0 bridgehead atoms. The Morgan fingerprint density at radius 3 is 2.71 bits per heavy atom. The summed E-state index contributed by atoms with van der Waals surface area (Å²) in [7, 11) is 0. The number of nitro groups is 1. The summed E-state index contributed by atoms with van der Waals surface area (Å²) in [5.41, 5.74) is 1.13. The average Bonchev–Trinajstić information content (AvgIpc) is 3.05. The van der Waals surface area contributed by atoms with Crippen LogP contribution in [0.2, 0.25) is 0 Å². The fraction of sp³-hybridized carbons (Fsp3) is 0.158. The molecule has 0 aliphatic carbocycles. The molecule has 9 heteroatoms. The van der Waals surface area contributed by atoms with E-state index in [0.29, 0.717) is 16.5 Å². The highest BCUT2D eigenvalue weighted by Gasteiger charge is 2.22. The van der Waals surface area contributed by atoms with Gasteiger partial charge in [-0.15, -0.1) is 0 Å². The van der Waals surface area contributed by atoms with Crippen LogP contribution in [0.25, 0.3) is 11.0 Å². The van der Waals surface area contributed by atoms with Gasteiger partial charge in [0.25, 0.3) is 5.69 Å². The molecule has 0 radical (unpaired) electrons. The van der Waals surface area contributed by atoms with Gasteiger partial charge in [0.1, 0.15) is 5.58 Å². The molecule has 2 amide bonds. The molecule has 3 aromatic rings. The number of furan rings is 1. The summed E-state index contributed by atoms with van der Waals surface area (Å²) in [5.74, 6) is -0.590. The number of esters is 1. The third-order valence-corrected chi connectivity index (χ3v) is 3.90. The van der Waals surface area contributed by atoms with Crippen molar-refractivity contribution in [2.24, 2.45) is 0 Å². The van der Waals surface area contributed by atoms with E-state index in [1.165, 1.54) is 24.3 Å². The van der Waals surface area contributed by atoms with Crippen molar-refractivity contribution < 1.29 is 23.7 Å². The van der Waals surface area contributed by atoms with Crippen LogP contribution < -0.4 is 10.6 Å². The van der Waals surface area contributed by atoms with Crippen molar-refractivity contribution in [3.8, 4) is 0 Å². The summed E-state index contributed by atoms with van der Waals surface area (Å²) in [6.45, 7) is 1.88. The largest absolute Gasteiger partial charge is 0.460 e. The van der Waals surface area contributed by atoms with Gasteiger partial charge in [0.2, 0.25) is 5.76 Å². The molecule has 9 nitrogen and oxygen atoms in total. The zero-order valence-corrected chi connectivity index (χ0v) is 14.9. The quantitative estimate of drug-likeness (QED) is 0.379. The predicted molar refractivity (Wildman–Crippen MR) is 101 cm³/mol. The van der Waals surface area contributed by atoms with E-state index in [0.717, 1.165) is 0 Å². The Labute approximate surface area is 159 Å². The molecule has 3 rings (SSSR count). The molecule has 0 aliphatic heterocycles.